The van der Waals surface area contributed by atoms with Crippen molar-refractivity contribution in [1.82, 2.24) is 0 Å². The molecule has 1 unspecified atom stereocenters. The fourth-order valence-corrected chi connectivity index (χ4v) is 2.65. The molecule has 3 rings (SSSR count). The average molecular weight is 329 g/mol. The lowest BCUT2D eigenvalue weighted by molar-refractivity contribution is 0.102. The summed E-state index contributed by atoms with van der Waals surface area (Å²) in [6.45, 7) is 1.34. The van der Waals surface area contributed by atoms with Crippen molar-refractivity contribution < 1.29 is 13.9 Å². The number of nitrogens with two attached hydrogens (primary N) is 1. The molecule has 2 aromatic rings. The second kappa shape index (κ2) is 7.31. The van der Waals surface area contributed by atoms with Crippen molar-refractivity contribution in [3.8, 4) is 0 Å². The van der Waals surface area contributed by atoms with E-state index in [1.807, 2.05) is 0 Å². The van der Waals surface area contributed by atoms with Crippen molar-refractivity contribution >= 4 is 23.0 Å². The van der Waals surface area contributed by atoms with Gasteiger partial charge in [0.15, 0.2) is 0 Å². The third-order valence-corrected chi connectivity index (χ3v) is 3.92. The first-order chi connectivity index (χ1) is 11.6. The molecule has 1 fully saturated rings. The van der Waals surface area contributed by atoms with E-state index in [-0.39, 0.29) is 12.0 Å². The number of hydrogen-bond acceptors (Lipinski definition) is 4. The van der Waals surface area contributed by atoms with Crippen molar-refractivity contribution in [2.24, 2.45) is 0 Å². The first-order valence-corrected chi connectivity index (χ1v) is 7.94. The Hall–Kier alpha value is -2.60. The lowest BCUT2D eigenvalue weighted by atomic mass is 10.2. The molecule has 0 radical (unpaired) electrons. The maximum atomic E-state index is 14.2. The quantitative estimate of drug-likeness (QED) is 0.736. The number of rotatable bonds is 5. The highest BCUT2D eigenvalue weighted by Gasteiger charge is 2.16. The van der Waals surface area contributed by atoms with Gasteiger partial charge in [-0.2, -0.15) is 0 Å². The number of carbonyl (C=O) groups excluding carboxylic acids is 1. The van der Waals surface area contributed by atoms with Crippen LogP contribution in [-0.4, -0.2) is 25.2 Å². The average Bonchev–Trinajstić information content (AvgIpc) is 3.07. The Kier molecular flexibility index (Phi) is 4.96. The van der Waals surface area contributed by atoms with E-state index < -0.39 is 5.82 Å². The van der Waals surface area contributed by atoms with Gasteiger partial charge in [0.1, 0.15) is 5.82 Å². The number of nitrogen functional groups attached to an aromatic ring is 1. The Morgan fingerprint density at radius 3 is 2.88 bits per heavy atom. The highest BCUT2D eigenvalue weighted by Crippen LogP contribution is 2.21. The Labute approximate surface area is 140 Å². The molecule has 0 aliphatic carbocycles. The molecular weight excluding hydrogens is 309 g/mol. The standard InChI is InChI=1S/C18H20FN3O2/c19-16-10-14(22-18(23)12-3-1-4-13(20)9-12)6-7-17(16)21-11-15-5-2-8-24-15/h1,3-4,6-7,9-10,15,21H,2,5,8,11,20H2,(H,22,23). The Bertz CT molecular complexity index is 730. The fourth-order valence-electron chi connectivity index (χ4n) is 2.65. The van der Waals surface area contributed by atoms with Gasteiger partial charge < -0.3 is 21.1 Å². The van der Waals surface area contributed by atoms with E-state index in [1.165, 1.54) is 6.07 Å². The molecule has 24 heavy (non-hydrogen) atoms. The van der Waals surface area contributed by atoms with E-state index in [2.05, 4.69) is 10.6 Å². The number of hydrogen-bond donors (Lipinski definition) is 3. The number of halogens is 1. The van der Waals surface area contributed by atoms with Crippen LogP contribution in [0.1, 0.15) is 23.2 Å². The van der Waals surface area contributed by atoms with Crippen LogP contribution < -0.4 is 16.4 Å². The van der Waals surface area contributed by atoms with E-state index in [9.17, 15) is 9.18 Å². The number of benzene rings is 2. The van der Waals surface area contributed by atoms with Crippen molar-refractivity contribution in [2.45, 2.75) is 18.9 Å². The number of amides is 1. The van der Waals surface area contributed by atoms with Gasteiger partial charge in [0.05, 0.1) is 11.8 Å². The second-order valence-electron chi connectivity index (χ2n) is 5.79. The number of carbonyl (C=O) groups is 1. The first kappa shape index (κ1) is 16.3. The summed E-state index contributed by atoms with van der Waals surface area (Å²) in [5, 5.41) is 5.71. The molecule has 0 bridgehead atoms. The zero-order chi connectivity index (χ0) is 16.9. The SMILES string of the molecule is Nc1cccc(C(=O)Nc2ccc(NCC3CCCO3)c(F)c2)c1. The van der Waals surface area contributed by atoms with Gasteiger partial charge in [-0.25, -0.2) is 4.39 Å². The molecule has 5 nitrogen and oxygen atoms in total. The van der Waals surface area contributed by atoms with Gasteiger partial charge in [-0.1, -0.05) is 6.07 Å². The van der Waals surface area contributed by atoms with Crippen LogP contribution >= 0.6 is 0 Å². The smallest absolute Gasteiger partial charge is 0.255 e. The lowest BCUT2D eigenvalue weighted by Gasteiger charge is -2.13. The Morgan fingerprint density at radius 2 is 2.17 bits per heavy atom. The highest BCUT2D eigenvalue weighted by atomic mass is 19.1. The summed E-state index contributed by atoms with van der Waals surface area (Å²) >= 11 is 0. The number of anilines is 3. The molecule has 6 heteroatoms. The molecule has 2 aromatic carbocycles. The maximum absolute atomic E-state index is 14.2. The maximum Gasteiger partial charge on any atom is 0.255 e. The summed E-state index contributed by atoms with van der Waals surface area (Å²) in [6, 6.07) is 11.2. The molecule has 1 heterocycles. The van der Waals surface area contributed by atoms with E-state index in [0.29, 0.717) is 29.2 Å². The molecule has 1 atom stereocenters. The van der Waals surface area contributed by atoms with Crippen LogP contribution in [0.3, 0.4) is 0 Å². The van der Waals surface area contributed by atoms with Gasteiger partial charge >= 0.3 is 0 Å². The molecule has 1 amide bonds. The lowest BCUT2D eigenvalue weighted by Crippen LogP contribution is -2.19. The van der Waals surface area contributed by atoms with Crippen molar-refractivity contribution in [1.29, 1.82) is 0 Å². The fraction of sp³-hybridized carbons (Fsp3) is 0.278. The predicted octanol–water partition coefficient (Wildman–Crippen LogP) is 3.25. The summed E-state index contributed by atoms with van der Waals surface area (Å²) in [7, 11) is 0. The minimum atomic E-state index is -0.418. The molecule has 126 valence electrons. The third kappa shape index (κ3) is 4.02. The summed E-state index contributed by atoms with van der Waals surface area (Å²) in [4.78, 5) is 12.1. The van der Waals surface area contributed by atoms with Gasteiger partial charge in [0.2, 0.25) is 0 Å². The van der Waals surface area contributed by atoms with Crippen LogP contribution in [0.15, 0.2) is 42.5 Å². The normalized spacial score (nSPS) is 16.8. The van der Waals surface area contributed by atoms with Crippen LogP contribution in [0.25, 0.3) is 0 Å². The Balaban J connectivity index is 1.62. The second-order valence-corrected chi connectivity index (χ2v) is 5.79. The van der Waals surface area contributed by atoms with Crippen molar-refractivity contribution in [2.75, 3.05) is 29.5 Å². The summed E-state index contributed by atoms with van der Waals surface area (Å²) in [6.07, 6.45) is 2.17. The van der Waals surface area contributed by atoms with Crippen LogP contribution in [0, 0.1) is 5.82 Å². The van der Waals surface area contributed by atoms with E-state index in [1.54, 1.807) is 36.4 Å². The zero-order valence-corrected chi connectivity index (χ0v) is 13.2. The van der Waals surface area contributed by atoms with Gasteiger partial charge in [-0.3, -0.25) is 4.79 Å². The van der Waals surface area contributed by atoms with Crippen molar-refractivity contribution in [3.05, 3.63) is 53.8 Å². The molecule has 4 N–H and O–H groups in total. The highest BCUT2D eigenvalue weighted by molar-refractivity contribution is 6.04. The largest absolute Gasteiger partial charge is 0.399 e. The molecular formula is C18H20FN3O2. The summed E-state index contributed by atoms with van der Waals surface area (Å²) < 4.78 is 19.7. The molecule has 1 aliphatic heterocycles. The van der Waals surface area contributed by atoms with E-state index in [4.69, 9.17) is 10.5 Å². The number of nitrogens with one attached hydrogen (secondary N) is 2. The topological polar surface area (TPSA) is 76.4 Å². The number of ether oxygens (including phenoxy) is 1. The predicted molar refractivity (Wildman–Crippen MR) is 92.7 cm³/mol. The zero-order valence-electron chi connectivity index (χ0n) is 13.2. The van der Waals surface area contributed by atoms with Gasteiger partial charge in [-0.05, 0) is 49.2 Å². The van der Waals surface area contributed by atoms with Gasteiger partial charge in [0.25, 0.3) is 5.91 Å². The molecule has 1 saturated heterocycles. The van der Waals surface area contributed by atoms with Crippen LogP contribution in [0.2, 0.25) is 0 Å². The van der Waals surface area contributed by atoms with E-state index >= 15 is 0 Å². The van der Waals surface area contributed by atoms with Crippen LogP contribution in [0.5, 0.6) is 0 Å². The third-order valence-electron chi connectivity index (χ3n) is 3.92. The van der Waals surface area contributed by atoms with Crippen molar-refractivity contribution in [3.63, 3.8) is 0 Å². The Morgan fingerprint density at radius 1 is 1.29 bits per heavy atom. The molecule has 0 aromatic heterocycles. The first-order valence-electron chi connectivity index (χ1n) is 7.94. The molecule has 1 aliphatic rings. The molecule has 0 spiro atoms. The minimum Gasteiger partial charge on any atom is -0.399 e. The van der Waals surface area contributed by atoms with Crippen LogP contribution in [0.4, 0.5) is 21.5 Å². The van der Waals surface area contributed by atoms with Gasteiger partial charge in [0, 0.05) is 30.1 Å². The monoisotopic (exact) mass is 329 g/mol. The molecule has 0 saturated carbocycles. The summed E-state index contributed by atoms with van der Waals surface area (Å²) in [5.41, 5.74) is 7.38. The van der Waals surface area contributed by atoms with Gasteiger partial charge in [-0.15, -0.1) is 0 Å². The van der Waals surface area contributed by atoms with E-state index in [0.717, 1.165) is 19.4 Å². The van der Waals surface area contributed by atoms with Crippen LogP contribution in [-0.2, 0) is 4.74 Å². The minimum absolute atomic E-state index is 0.132. The summed E-state index contributed by atoms with van der Waals surface area (Å²) in [5.74, 6) is -0.750.